The highest BCUT2D eigenvalue weighted by Gasteiger charge is 2.13. The average Bonchev–Trinajstić information content (AvgIpc) is 2.73. The third-order valence-corrected chi connectivity index (χ3v) is 4.44. The molecule has 3 rings (SSSR count). The van der Waals surface area contributed by atoms with Crippen LogP contribution in [-0.2, 0) is 11.2 Å². The Bertz CT molecular complexity index is 1040. The molecule has 7 heteroatoms. The zero-order chi connectivity index (χ0) is 20.8. The Morgan fingerprint density at radius 2 is 1.90 bits per heavy atom. The lowest BCUT2D eigenvalue weighted by Gasteiger charge is -2.14. The van der Waals surface area contributed by atoms with E-state index in [1.807, 2.05) is 31.2 Å². The summed E-state index contributed by atoms with van der Waals surface area (Å²) in [7, 11) is 1.31. The second kappa shape index (κ2) is 9.05. The van der Waals surface area contributed by atoms with E-state index in [4.69, 9.17) is 4.74 Å². The van der Waals surface area contributed by atoms with Gasteiger partial charge in [-0.15, -0.1) is 0 Å². The van der Waals surface area contributed by atoms with Gasteiger partial charge in [0.15, 0.2) is 5.69 Å². The second-order valence-electron chi connectivity index (χ2n) is 6.82. The third kappa shape index (κ3) is 5.22. The molecule has 0 saturated carbocycles. The average molecular weight is 390 g/mol. The minimum atomic E-state index is -0.512. The summed E-state index contributed by atoms with van der Waals surface area (Å²) in [6.07, 6.45) is 6.87. The van der Waals surface area contributed by atoms with Crippen LogP contribution in [0.5, 0.6) is 0 Å². The number of aromatic nitrogens is 3. The second-order valence-corrected chi connectivity index (χ2v) is 6.82. The van der Waals surface area contributed by atoms with E-state index in [0.29, 0.717) is 23.4 Å². The minimum Gasteiger partial charge on any atom is -0.464 e. The van der Waals surface area contributed by atoms with Crippen molar-refractivity contribution < 1.29 is 14.3 Å². The topological polar surface area (TPSA) is 94.1 Å². The standard InChI is InChI=1S/C22H22N4O3/c1-14-7-17(11-23-10-14)21(27)26-18-6-4-5-16(9-18)15(2)8-19-12-24-13-20(25-19)22(28)29-3/h4-7,9-13,15H,8H2,1-3H3,(H,26,27)/t15-/m1/s1. The molecule has 0 aliphatic rings. The van der Waals surface area contributed by atoms with E-state index in [9.17, 15) is 9.59 Å². The van der Waals surface area contributed by atoms with E-state index in [1.54, 1.807) is 24.7 Å². The molecule has 29 heavy (non-hydrogen) atoms. The van der Waals surface area contributed by atoms with Gasteiger partial charge in [-0.3, -0.25) is 14.8 Å². The van der Waals surface area contributed by atoms with Crippen LogP contribution in [0.3, 0.4) is 0 Å². The van der Waals surface area contributed by atoms with E-state index in [-0.39, 0.29) is 17.5 Å². The molecule has 0 radical (unpaired) electrons. The van der Waals surface area contributed by atoms with E-state index in [1.165, 1.54) is 13.3 Å². The molecule has 1 amide bonds. The number of hydrogen-bond acceptors (Lipinski definition) is 6. The van der Waals surface area contributed by atoms with Crippen molar-refractivity contribution in [3.63, 3.8) is 0 Å². The molecule has 7 nitrogen and oxygen atoms in total. The summed E-state index contributed by atoms with van der Waals surface area (Å²) in [6.45, 7) is 3.95. The third-order valence-electron chi connectivity index (χ3n) is 4.44. The number of carbonyl (C=O) groups excluding carboxylic acids is 2. The van der Waals surface area contributed by atoms with Crippen molar-refractivity contribution in [2.24, 2.45) is 0 Å². The van der Waals surface area contributed by atoms with Crippen molar-refractivity contribution in [2.75, 3.05) is 12.4 Å². The predicted octanol–water partition coefficient (Wildman–Crippen LogP) is 3.57. The maximum Gasteiger partial charge on any atom is 0.358 e. The quantitative estimate of drug-likeness (QED) is 0.647. The van der Waals surface area contributed by atoms with Crippen LogP contribution < -0.4 is 5.32 Å². The van der Waals surface area contributed by atoms with Gasteiger partial charge in [0.2, 0.25) is 0 Å². The molecule has 2 heterocycles. The molecule has 0 fully saturated rings. The zero-order valence-corrected chi connectivity index (χ0v) is 16.5. The van der Waals surface area contributed by atoms with Crippen LogP contribution in [0.2, 0.25) is 0 Å². The van der Waals surface area contributed by atoms with Crippen molar-refractivity contribution in [1.29, 1.82) is 0 Å². The van der Waals surface area contributed by atoms with Crippen molar-refractivity contribution >= 4 is 17.6 Å². The van der Waals surface area contributed by atoms with Crippen LogP contribution in [0, 0.1) is 6.92 Å². The number of benzene rings is 1. The molecule has 1 N–H and O–H groups in total. The summed E-state index contributed by atoms with van der Waals surface area (Å²) in [6, 6.07) is 9.46. The van der Waals surface area contributed by atoms with Crippen LogP contribution in [0.25, 0.3) is 0 Å². The van der Waals surface area contributed by atoms with Gasteiger partial charge in [-0.1, -0.05) is 19.1 Å². The Labute approximate surface area is 169 Å². The summed E-state index contributed by atoms with van der Waals surface area (Å²) in [5.74, 6) is -0.611. The number of carbonyl (C=O) groups is 2. The molecule has 0 aliphatic heterocycles. The molecule has 3 aromatic rings. The zero-order valence-electron chi connectivity index (χ0n) is 16.5. The molecule has 0 spiro atoms. The number of ether oxygens (including phenoxy) is 1. The van der Waals surface area contributed by atoms with Crippen LogP contribution in [-0.4, -0.2) is 33.9 Å². The monoisotopic (exact) mass is 390 g/mol. The largest absolute Gasteiger partial charge is 0.464 e. The molecular weight excluding hydrogens is 368 g/mol. The summed E-state index contributed by atoms with van der Waals surface area (Å²) in [5, 5.41) is 2.91. The number of nitrogens with zero attached hydrogens (tertiary/aromatic N) is 3. The molecule has 0 saturated heterocycles. The normalized spacial score (nSPS) is 11.6. The van der Waals surface area contributed by atoms with Crippen LogP contribution in [0.1, 0.15) is 50.5 Å². The van der Waals surface area contributed by atoms with Crippen molar-refractivity contribution in [3.8, 4) is 0 Å². The van der Waals surface area contributed by atoms with Gasteiger partial charge in [-0.25, -0.2) is 9.78 Å². The molecule has 0 aliphatic carbocycles. The van der Waals surface area contributed by atoms with Gasteiger partial charge >= 0.3 is 5.97 Å². The number of methoxy groups -OCH3 is 1. The number of nitrogens with one attached hydrogen (secondary N) is 1. The van der Waals surface area contributed by atoms with E-state index >= 15 is 0 Å². The lowest BCUT2D eigenvalue weighted by Crippen LogP contribution is -2.13. The fourth-order valence-electron chi connectivity index (χ4n) is 2.94. The Balaban J connectivity index is 1.72. The number of amides is 1. The van der Waals surface area contributed by atoms with Gasteiger partial charge < -0.3 is 10.1 Å². The van der Waals surface area contributed by atoms with Crippen LogP contribution >= 0.6 is 0 Å². The number of esters is 1. The van der Waals surface area contributed by atoms with Crippen molar-refractivity contribution in [3.05, 3.63) is 83.2 Å². The number of rotatable bonds is 6. The number of anilines is 1. The first-order chi connectivity index (χ1) is 14.0. The Kier molecular flexibility index (Phi) is 6.29. The van der Waals surface area contributed by atoms with Crippen LogP contribution in [0.4, 0.5) is 5.69 Å². The molecular formula is C22H22N4O3. The van der Waals surface area contributed by atoms with E-state index < -0.39 is 5.97 Å². The molecule has 0 unspecified atom stereocenters. The first-order valence-corrected chi connectivity index (χ1v) is 9.18. The highest BCUT2D eigenvalue weighted by Crippen LogP contribution is 2.23. The Morgan fingerprint density at radius 1 is 1.10 bits per heavy atom. The van der Waals surface area contributed by atoms with Gasteiger partial charge in [0.05, 0.1) is 24.6 Å². The first-order valence-electron chi connectivity index (χ1n) is 9.18. The lowest BCUT2D eigenvalue weighted by molar-refractivity contribution is 0.0593. The molecule has 148 valence electrons. The molecule has 2 aromatic heterocycles. The van der Waals surface area contributed by atoms with Gasteiger partial charge in [-0.05, 0) is 48.6 Å². The Morgan fingerprint density at radius 3 is 2.66 bits per heavy atom. The summed E-state index contributed by atoms with van der Waals surface area (Å²) >= 11 is 0. The fraction of sp³-hybridized carbons (Fsp3) is 0.227. The van der Waals surface area contributed by atoms with E-state index in [0.717, 1.165) is 11.1 Å². The molecule has 1 atom stereocenters. The number of pyridine rings is 1. The summed E-state index contributed by atoms with van der Waals surface area (Å²) in [5.41, 5.74) is 4.06. The van der Waals surface area contributed by atoms with Crippen LogP contribution in [0.15, 0.2) is 55.1 Å². The maximum atomic E-state index is 12.5. The lowest BCUT2D eigenvalue weighted by atomic mass is 9.96. The smallest absolute Gasteiger partial charge is 0.358 e. The summed E-state index contributed by atoms with van der Waals surface area (Å²) in [4.78, 5) is 36.5. The van der Waals surface area contributed by atoms with Crippen molar-refractivity contribution in [1.82, 2.24) is 15.0 Å². The Hall–Kier alpha value is -3.61. The van der Waals surface area contributed by atoms with Gasteiger partial charge in [0, 0.05) is 24.3 Å². The predicted molar refractivity (Wildman–Crippen MR) is 109 cm³/mol. The maximum absolute atomic E-state index is 12.5. The first kappa shape index (κ1) is 20.1. The van der Waals surface area contributed by atoms with Gasteiger partial charge in [0.1, 0.15) is 0 Å². The highest BCUT2D eigenvalue weighted by atomic mass is 16.5. The van der Waals surface area contributed by atoms with Gasteiger partial charge in [-0.2, -0.15) is 0 Å². The summed E-state index contributed by atoms with van der Waals surface area (Å²) < 4.78 is 4.69. The van der Waals surface area contributed by atoms with E-state index in [2.05, 4.69) is 27.2 Å². The molecule has 0 bridgehead atoms. The minimum absolute atomic E-state index is 0.106. The molecule has 1 aromatic carbocycles. The van der Waals surface area contributed by atoms with Crippen molar-refractivity contribution in [2.45, 2.75) is 26.2 Å². The van der Waals surface area contributed by atoms with Gasteiger partial charge in [0.25, 0.3) is 5.91 Å². The number of aryl methyl sites for hydroxylation is 1. The number of hydrogen-bond donors (Lipinski definition) is 1. The SMILES string of the molecule is COC(=O)c1cncc(C[C@@H](C)c2cccc(NC(=O)c3cncc(C)c3)c2)n1. The fourth-order valence-corrected chi connectivity index (χ4v) is 2.94. The highest BCUT2D eigenvalue weighted by molar-refractivity contribution is 6.04.